The number of aromatic nitrogens is 2. The molecule has 7 heteroatoms. The minimum Gasteiger partial charge on any atom is -0.354 e. The summed E-state index contributed by atoms with van der Waals surface area (Å²) in [6, 6.07) is 2.45. The Morgan fingerprint density at radius 2 is 2.14 bits per heavy atom. The Balaban J connectivity index is 2.33. The molecule has 0 aliphatic rings. The normalized spacial score (nSPS) is 11.3. The second-order valence-corrected chi connectivity index (χ2v) is 5.28. The fraction of sp³-hybridized carbons (Fsp3) is 0.429. The van der Waals surface area contributed by atoms with Crippen LogP contribution in [0.1, 0.15) is 26.1 Å². The number of hydrogen-bond acceptors (Lipinski definition) is 2. The van der Waals surface area contributed by atoms with Crippen LogP contribution in [-0.2, 0) is 17.2 Å². The number of fused-ring (bicyclic) bond motifs is 1. The first kappa shape index (κ1) is 15.7. The van der Waals surface area contributed by atoms with Crippen molar-refractivity contribution in [1.82, 2.24) is 14.9 Å². The van der Waals surface area contributed by atoms with Gasteiger partial charge in [-0.05, 0) is 26.0 Å². The first-order chi connectivity index (χ1) is 9.93. The van der Waals surface area contributed by atoms with Crippen LogP contribution in [0.2, 0.25) is 0 Å². The molecule has 0 aliphatic carbocycles. The van der Waals surface area contributed by atoms with Gasteiger partial charge in [0.1, 0.15) is 11.3 Å². The van der Waals surface area contributed by atoms with Crippen molar-refractivity contribution >= 4 is 28.5 Å². The molecule has 0 aliphatic heterocycles. The van der Waals surface area contributed by atoms with Gasteiger partial charge in [0.25, 0.3) is 0 Å². The van der Waals surface area contributed by atoms with E-state index in [0.29, 0.717) is 11.3 Å². The van der Waals surface area contributed by atoms with Gasteiger partial charge < -0.3 is 9.88 Å². The fourth-order valence-corrected chi connectivity index (χ4v) is 2.36. The van der Waals surface area contributed by atoms with Gasteiger partial charge in [-0.1, -0.05) is 0 Å². The van der Waals surface area contributed by atoms with Crippen molar-refractivity contribution in [2.75, 3.05) is 0 Å². The van der Waals surface area contributed by atoms with Crippen LogP contribution in [0.25, 0.3) is 11.0 Å². The lowest BCUT2D eigenvalue weighted by Gasteiger charge is -2.11. The average Bonchev–Trinajstić information content (AvgIpc) is 2.78. The molecule has 0 radical (unpaired) electrons. The third-order valence-electron chi connectivity index (χ3n) is 3.01. The number of carbonyl (C=O) groups is 1. The summed E-state index contributed by atoms with van der Waals surface area (Å²) in [5.41, 5.74) is 0.372. The van der Waals surface area contributed by atoms with Crippen molar-refractivity contribution in [1.29, 1.82) is 0 Å². The lowest BCUT2D eigenvalue weighted by Crippen LogP contribution is -2.30. The summed E-state index contributed by atoms with van der Waals surface area (Å²) in [5, 5.41) is 2.74. The second-order valence-electron chi connectivity index (χ2n) is 5.01. The van der Waals surface area contributed by atoms with Gasteiger partial charge in [-0.25, -0.2) is 13.8 Å². The number of nitrogens with zero attached hydrogens (tertiary/aromatic N) is 2. The van der Waals surface area contributed by atoms with Crippen molar-refractivity contribution in [3.8, 4) is 0 Å². The van der Waals surface area contributed by atoms with E-state index >= 15 is 0 Å². The molecule has 114 valence electrons. The number of aryl methyl sites for hydroxylation is 1. The van der Waals surface area contributed by atoms with E-state index in [0.717, 1.165) is 6.07 Å². The second kappa shape index (κ2) is 6.39. The molecule has 0 unspecified atom stereocenters. The molecule has 0 saturated heterocycles. The molecule has 1 N–H and O–H groups in total. The van der Waals surface area contributed by atoms with Gasteiger partial charge in [0, 0.05) is 19.0 Å². The summed E-state index contributed by atoms with van der Waals surface area (Å²) >= 11 is 5.80. The zero-order chi connectivity index (χ0) is 15.6. The van der Waals surface area contributed by atoms with Gasteiger partial charge in [-0.15, -0.1) is 11.6 Å². The van der Waals surface area contributed by atoms with E-state index in [1.807, 2.05) is 13.8 Å². The van der Waals surface area contributed by atoms with E-state index in [-0.39, 0.29) is 36.3 Å². The first-order valence-corrected chi connectivity index (χ1v) is 7.16. The molecule has 2 rings (SSSR count). The molecule has 0 fully saturated rings. The molecular formula is C14H16ClF2N3O. The molecule has 1 aromatic heterocycles. The highest BCUT2D eigenvalue weighted by Gasteiger charge is 2.17. The third-order valence-corrected chi connectivity index (χ3v) is 3.25. The van der Waals surface area contributed by atoms with Crippen LogP contribution >= 0.6 is 11.6 Å². The van der Waals surface area contributed by atoms with E-state index in [4.69, 9.17) is 11.6 Å². The summed E-state index contributed by atoms with van der Waals surface area (Å²) in [5.74, 6) is -1.61. The summed E-state index contributed by atoms with van der Waals surface area (Å²) < 4.78 is 28.8. The van der Waals surface area contributed by atoms with Gasteiger partial charge in [0.2, 0.25) is 5.91 Å². The number of hydrogen-bond donors (Lipinski definition) is 1. The van der Waals surface area contributed by atoms with E-state index in [9.17, 15) is 13.6 Å². The summed E-state index contributed by atoms with van der Waals surface area (Å²) in [6.45, 7) is 3.89. The van der Waals surface area contributed by atoms with Crippen LogP contribution in [0.15, 0.2) is 12.1 Å². The van der Waals surface area contributed by atoms with Crippen LogP contribution in [0.3, 0.4) is 0 Å². The maximum Gasteiger partial charge on any atom is 0.221 e. The Labute approximate surface area is 126 Å². The highest BCUT2D eigenvalue weighted by molar-refractivity contribution is 6.16. The lowest BCUT2D eigenvalue weighted by atomic mass is 10.2. The van der Waals surface area contributed by atoms with Crippen molar-refractivity contribution < 1.29 is 13.6 Å². The van der Waals surface area contributed by atoms with Gasteiger partial charge in [-0.3, -0.25) is 4.79 Å². The standard InChI is InChI=1S/C14H16ClF2N3O/c1-8(2)18-12(21)5-6-20-11(7-15)19-10-4-3-9(16)13(17)14(10)20/h3-4,8H,5-7H2,1-2H3,(H,18,21). The SMILES string of the molecule is CC(C)NC(=O)CCn1c(CCl)nc2ccc(F)c(F)c21. The Morgan fingerprint density at radius 1 is 1.43 bits per heavy atom. The number of nitrogens with one attached hydrogen (secondary N) is 1. The monoisotopic (exact) mass is 315 g/mol. The van der Waals surface area contributed by atoms with Crippen LogP contribution in [-0.4, -0.2) is 21.5 Å². The minimum absolute atomic E-state index is 0.0266. The first-order valence-electron chi connectivity index (χ1n) is 6.62. The van der Waals surface area contributed by atoms with E-state index < -0.39 is 11.6 Å². The number of rotatable bonds is 5. The van der Waals surface area contributed by atoms with Crippen molar-refractivity contribution in [2.24, 2.45) is 0 Å². The Kier molecular flexibility index (Phi) is 4.77. The lowest BCUT2D eigenvalue weighted by molar-refractivity contribution is -0.121. The van der Waals surface area contributed by atoms with Crippen molar-refractivity contribution in [3.63, 3.8) is 0 Å². The highest BCUT2D eigenvalue weighted by atomic mass is 35.5. The van der Waals surface area contributed by atoms with Gasteiger partial charge >= 0.3 is 0 Å². The molecule has 2 aromatic rings. The maximum absolute atomic E-state index is 14.0. The van der Waals surface area contributed by atoms with Crippen LogP contribution in [0.5, 0.6) is 0 Å². The predicted molar refractivity (Wildman–Crippen MR) is 77.1 cm³/mol. The number of imidazole rings is 1. The Morgan fingerprint density at radius 3 is 2.76 bits per heavy atom. The van der Waals surface area contributed by atoms with Crippen molar-refractivity contribution in [3.05, 3.63) is 29.6 Å². The Bertz CT molecular complexity index is 670. The van der Waals surface area contributed by atoms with E-state index in [1.54, 1.807) is 0 Å². The summed E-state index contributed by atoms with van der Waals surface area (Å²) in [4.78, 5) is 15.9. The largest absolute Gasteiger partial charge is 0.354 e. The zero-order valence-corrected chi connectivity index (χ0v) is 12.5. The predicted octanol–water partition coefficient (Wildman–Crippen LogP) is 2.97. The molecule has 0 spiro atoms. The number of alkyl halides is 1. The van der Waals surface area contributed by atoms with E-state index in [2.05, 4.69) is 10.3 Å². The fourth-order valence-electron chi connectivity index (χ4n) is 2.16. The van der Waals surface area contributed by atoms with Crippen LogP contribution in [0, 0.1) is 11.6 Å². The Hall–Kier alpha value is -1.69. The quantitative estimate of drug-likeness (QED) is 0.862. The van der Waals surface area contributed by atoms with Crippen molar-refractivity contribution in [2.45, 2.75) is 38.7 Å². The van der Waals surface area contributed by atoms with Gasteiger partial charge in [-0.2, -0.15) is 0 Å². The molecule has 4 nitrogen and oxygen atoms in total. The van der Waals surface area contributed by atoms with E-state index in [1.165, 1.54) is 10.6 Å². The minimum atomic E-state index is -0.972. The summed E-state index contributed by atoms with van der Waals surface area (Å²) in [7, 11) is 0. The molecule has 21 heavy (non-hydrogen) atoms. The topological polar surface area (TPSA) is 46.9 Å². The van der Waals surface area contributed by atoms with Gasteiger partial charge in [0.05, 0.1) is 11.4 Å². The highest BCUT2D eigenvalue weighted by Crippen LogP contribution is 2.23. The molecular weight excluding hydrogens is 300 g/mol. The number of amides is 1. The molecule has 1 amide bonds. The molecule has 0 atom stereocenters. The maximum atomic E-state index is 14.0. The molecule has 1 aromatic carbocycles. The van der Waals surface area contributed by atoms with Gasteiger partial charge in [0.15, 0.2) is 11.6 Å². The van der Waals surface area contributed by atoms with Crippen LogP contribution < -0.4 is 5.32 Å². The number of halogens is 3. The molecule has 1 heterocycles. The number of carbonyl (C=O) groups excluding carboxylic acids is 1. The third kappa shape index (κ3) is 3.32. The van der Waals surface area contributed by atoms with Crippen LogP contribution in [0.4, 0.5) is 8.78 Å². The smallest absolute Gasteiger partial charge is 0.221 e. The zero-order valence-electron chi connectivity index (χ0n) is 11.8. The summed E-state index contributed by atoms with van der Waals surface area (Å²) in [6.07, 6.45) is 0.142. The average molecular weight is 316 g/mol. The number of benzene rings is 1. The molecule has 0 bridgehead atoms. The molecule has 0 saturated carbocycles.